The highest BCUT2D eigenvalue weighted by molar-refractivity contribution is 6.36. The summed E-state index contributed by atoms with van der Waals surface area (Å²) in [4.78, 5) is 34.5. The third kappa shape index (κ3) is 5.88. The van der Waals surface area contributed by atoms with E-state index in [0.717, 1.165) is 6.07 Å². The molecule has 3 rings (SSSR count). The van der Waals surface area contributed by atoms with E-state index >= 15 is 0 Å². The fraction of sp³-hybridized carbons (Fsp3) is 0. The maximum Gasteiger partial charge on any atom is 0.345 e. The number of carbonyl (C=O) groups is 2. The molecule has 0 aliphatic rings. The average molecular weight is 458 g/mol. The van der Waals surface area contributed by atoms with E-state index in [4.69, 9.17) is 27.9 Å². The van der Waals surface area contributed by atoms with Gasteiger partial charge in [-0.05, 0) is 54.1 Å². The molecule has 0 fully saturated rings. The molecule has 0 aliphatic carbocycles. The van der Waals surface area contributed by atoms with Crippen LogP contribution < -0.4 is 10.2 Å². The van der Waals surface area contributed by atoms with Crippen LogP contribution >= 0.6 is 23.2 Å². The van der Waals surface area contributed by atoms with Gasteiger partial charge in [0, 0.05) is 22.7 Å². The summed E-state index contributed by atoms with van der Waals surface area (Å²) >= 11 is 11.8. The van der Waals surface area contributed by atoms with Crippen LogP contribution in [0.3, 0.4) is 0 Å². The predicted octanol–water partition coefficient (Wildman–Crippen LogP) is 4.88. The van der Waals surface area contributed by atoms with Crippen LogP contribution in [0.2, 0.25) is 10.0 Å². The average Bonchev–Trinajstić information content (AvgIpc) is 2.74. The van der Waals surface area contributed by atoms with Crippen molar-refractivity contribution in [3.05, 3.63) is 104 Å². The smallest absolute Gasteiger partial charge is 0.345 e. The third-order valence-electron chi connectivity index (χ3n) is 3.94. The second-order valence-corrected chi connectivity index (χ2v) is 6.93. The number of hydrogen-bond donors (Lipinski definition) is 1. The van der Waals surface area contributed by atoms with E-state index in [1.54, 1.807) is 24.3 Å². The van der Waals surface area contributed by atoms with E-state index in [9.17, 15) is 19.7 Å². The standard InChI is InChI=1S/C21H13Cl2N3O5/c22-15-6-9-18(19(23)11-15)21(28)31-17-7-4-13(5-8-17)12-24-25-20(27)14-2-1-3-16(10-14)26(29)30/h1-12H,(H,25,27)/b24-12-. The van der Waals surface area contributed by atoms with Crippen LogP contribution in [0.5, 0.6) is 5.75 Å². The number of nitrogens with zero attached hydrogens (tertiary/aromatic N) is 2. The number of rotatable bonds is 6. The quantitative estimate of drug-likeness (QED) is 0.186. The van der Waals surface area contributed by atoms with Crippen molar-refractivity contribution in [3.63, 3.8) is 0 Å². The van der Waals surface area contributed by atoms with Gasteiger partial charge in [0.25, 0.3) is 11.6 Å². The lowest BCUT2D eigenvalue weighted by Gasteiger charge is -2.06. The van der Waals surface area contributed by atoms with Gasteiger partial charge in [-0.15, -0.1) is 0 Å². The molecule has 1 N–H and O–H groups in total. The molecule has 0 saturated carbocycles. The van der Waals surface area contributed by atoms with Gasteiger partial charge in [0.1, 0.15) is 5.75 Å². The van der Waals surface area contributed by atoms with Crippen molar-refractivity contribution in [2.45, 2.75) is 0 Å². The van der Waals surface area contributed by atoms with Crippen molar-refractivity contribution >= 4 is 47.0 Å². The first-order chi connectivity index (χ1) is 14.8. The Labute approximate surface area is 186 Å². The van der Waals surface area contributed by atoms with E-state index in [1.165, 1.54) is 42.6 Å². The van der Waals surface area contributed by atoms with Crippen molar-refractivity contribution in [3.8, 4) is 5.75 Å². The molecule has 8 nitrogen and oxygen atoms in total. The van der Waals surface area contributed by atoms with E-state index in [0.29, 0.717) is 10.6 Å². The second-order valence-electron chi connectivity index (χ2n) is 6.09. The Kier molecular flexibility index (Phi) is 6.96. The summed E-state index contributed by atoms with van der Waals surface area (Å²) in [7, 11) is 0. The molecular weight excluding hydrogens is 445 g/mol. The summed E-state index contributed by atoms with van der Waals surface area (Å²) in [5.41, 5.74) is 3.00. The summed E-state index contributed by atoms with van der Waals surface area (Å²) < 4.78 is 5.27. The molecule has 0 radical (unpaired) electrons. The lowest BCUT2D eigenvalue weighted by atomic mass is 10.2. The Morgan fingerprint density at radius 3 is 2.45 bits per heavy atom. The van der Waals surface area contributed by atoms with Crippen molar-refractivity contribution in [1.82, 2.24) is 5.43 Å². The first-order valence-corrected chi connectivity index (χ1v) is 9.44. The van der Waals surface area contributed by atoms with Gasteiger partial charge in [-0.2, -0.15) is 5.10 Å². The number of amides is 1. The molecule has 1 amide bonds. The highest BCUT2D eigenvalue weighted by Gasteiger charge is 2.13. The highest BCUT2D eigenvalue weighted by Crippen LogP contribution is 2.23. The summed E-state index contributed by atoms with van der Waals surface area (Å²) in [6.07, 6.45) is 1.37. The van der Waals surface area contributed by atoms with Crippen LogP contribution in [0.15, 0.2) is 71.8 Å². The van der Waals surface area contributed by atoms with Gasteiger partial charge in [-0.25, -0.2) is 10.2 Å². The van der Waals surface area contributed by atoms with Gasteiger partial charge >= 0.3 is 5.97 Å². The van der Waals surface area contributed by atoms with E-state index < -0.39 is 16.8 Å². The molecule has 0 spiro atoms. The number of benzene rings is 3. The van der Waals surface area contributed by atoms with E-state index in [-0.39, 0.29) is 27.6 Å². The zero-order valence-electron chi connectivity index (χ0n) is 15.6. The van der Waals surface area contributed by atoms with Crippen molar-refractivity contribution in [2.75, 3.05) is 0 Å². The first-order valence-electron chi connectivity index (χ1n) is 8.68. The molecule has 0 aromatic heterocycles. The van der Waals surface area contributed by atoms with Crippen molar-refractivity contribution in [1.29, 1.82) is 0 Å². The maximum atomic E-state index is 12.2. The van der Waals surface area contributed by atoms with Crippen LogP contribution in [0.4, 0.5) is 5.69 Å². The Morgan fingerprint density at radius 1 is 1.03 bits per heavy atom. The molecule has 10 heteroatoms. The molecule has 3 aromatic rings. The lowest BCUT2D eigenvalue weighted by molar-refractivity contribution is -0.384. The number of nitro benzene ring substituents is 1. The molecule has 3 aromatic carbocycles. The molecule has 0 unspecified atom stereocenters. The lowest BCUT2D eigenvalue weighted by Crippen LogP contribution is -2.17. The number of ether oxygens (including phenoxy) is 1. The zero-order chi connectivity index (χ0) is 22.4. The third-order valence-corrected chi connectivity index (χ3v) is 4.49. The van der Waals surface area contributed by atoms with Crippen LogP contribution in [-0.2, 0) is 0 Å². The summed E-state index contributed by atoms with van der Waals surface area (Å²) in [6, 6.07) is 16.1. The van der Waals surface area contributed by atoms with Gasteiger partial charge in [-0.3, -0.25) is 14.9 Å². The molecule has 0 aliphatic heterocycles. The van der Waals surface area contributed by atoms with Crippen LogP contribution in [0.25, 0.3) is 0 Å². The van der Waals surface area contributed by atoms with Gasteiger partial charge in [0.15, 0.2) is 0 Å². The fourth-order valence-electron chi connectivity index (χ4n) is 2.43. The molecule has 0 heterocycles. The first kappa shape index (κ1) is 21.9. The summed E-state index contributed by atoms with van der Waals surface area (Å²) in [5, 5.41) is 15.2. The Balaban J connectivity index is 1.59. The molecule has 0 saturated heterocycles. The molecule has 0 atom stereocenters. The summed E-state index contributed by atoms with van der Waals surface area (Å²) in [6.45, 7) is 0. The van der Waals surface area contributed by atoms with Gasteiger partial charge < -0.3 is 4.74 Å². The topological polar surface area (TPSA) is 111 Å². The number of non-ortho nitro benzene ring substituents is 1. The van der Waals surface area contributed by atoms with Crippen LogP contribution in [-0.4, -0.2) is 23.0 Å². The minimum Gasteiger partial charge on any atom is -0.423 e. The van der Waals surface area contributed by atoms with E-state index in [1.807, 2.05) is 0 Å². The largest absolute Gasteiger partial charge is 0.423 e. The predicted molar refractivity (Wildman–Crippen MR) is 116 cm³/mol. The van der Waals surface area contributed by atoms with Crippen LogP contribution in [0, 0.1) is 10.1 Å². The SMILES string of the molecule is O=C(N/N=C\c1ccc(OC(=O)c2ccc(Cl)cc2Cl)cc1)c1cccc([N+](=O)[O-])c1. The van der Waals surface area contributed by atoms with Crippen molar-refractivity contribution in [2.24, 2.45) is 5.10 Å². The minimum absolute atomic E-state index is 0.106. The minimum atomic E-state index is -0.632. The fourth-order valence-corrected chi connectivity index (χ4v) is 2.92. The van der Waals surface area contributed by atoms with Crippen molar-refractivity contribution < 1.29 is 19.2 Å². The normalized spacial score (nSPS) is 10.6. The number of nitrogens with one attached hydrogen (secondary N) is 1. The molecule has 0 bridgehead atoms. The van der Waals surface area contributed by atoms with E-state index in [2.05, 4.69) is 10.5 Å². The molecular formula is C21H13Cl2N3O5. The Bertz CT molecular complexity index is 1180. The zero-order valence-corrected chi connectivity index (χ0v) is 17.1. The van der Waals surface area contributed by atoms with Crippen LogP contribution in [0.1, 0.15) is 26.3 Å². The Hall–Kier alpha value is -3.75. The maximum absolute atomic E-state index is 12.2. The summed E-state index contributed by atoms with van der Waals surface area (Å²) in [5.74, 6) is -0.938. The van der Waals surface area contributed by atoms with Gasteiger partial charge in [0.2, 0.25) is 0 Å². The highest BCUT2D eigenvalue weighted by atomic mass is 35.5. The number of carbonyl (C=O) groups excluding carboxylic acids is 2. The molecule has 156 valence electrons. The monoisotopic (exact) mass is 457 g/mol. The van der Waals surface area contributed by atoms with Gasteiger partial charge in [-0.1, -0.05) is 29.3 Å². The Morgan fingerprint density at radius 2 is 1.77 bits per heavy atom. The number of hydrogen-bond acceptors (Lipinski definition) is 6. The second kappa shape index (κ2) is 9.84. The number of hydrazone groups is 1. The molecule has 31 heavy (non-hydrogen) atoms. The number of esters is 1. The number of nitro groups is 1. The number of halogens is 2. The van der Waals surface area contributed by atoms with Gasteiger partial charge in [0.05, 0.1) is 21.7 Å².